The van der Waals surface area contributed by atoms with Gasteiger partial charge in [0.2, 0.25) is 5.88 Å². The topological polar surface area (TPSA) is 73.1 Å². The summed E-state index contributed by atoms with van der Waals surface area (Å²) in [4.78, 5) is 8.00. The van der Waals surface area contributed by atoms with Crippen molar-refractivity contribution in [3.8, 4) is 11.6 Å². The maximum atomic E-state index is 6.06. The predicted octanol–water partition coefficient (Wildman–Crippen LogP) is 3.53. The Hall–Kier alpha value is -1.37. The average molecular weight is 344 g/mol. The van der Waals surface area contributed by atoms with E-state index in [1.54, 1.807) is 12.1 Å². The van der Waals surface area contributed by atoms with E-state index in [9.17, 15) is 0 Å². The number of hydrogen-bond donors (Lipinski definition) is 2. The lowest BCUT2D eigenvalue weighted by Crippen LogP contribution is -2.09. The molecule has 0 aliphatic heterocycles. The number of benzene rings is 1. The Morgan fingerprint density at radius 2 is 2.21 bits per heavy atom. The molecule has 0 saturated carbocycles. The molecule has 1 aromatic carbocycles. The third-order valence-electron chi connectivity index (χ3n) is 2.51. The van der Waals surface area contributed by atoms with E-state index < -0.39 is 0 Å². The maximum Gasteiger partial charge on any atom is 0.238 e. The van der Waals surface area contributed by atoms with Crippen molar-refractivity contribution in [2.75, 3.05) is 5.43 Å². The van der Waals surface area contributed by atoms with Gasteiger partial charge in [-0.1, -0.05) is 18.5 Å². The molecule has 0 fully saturated rings. The van der Waals surface area contributed by atoms with E-state index in [2.05, 4.69) is 31.3 Å². The van der Waals surface area contributed by atoms with Crippen molar-refractivity contribution in [3.05, 3.63) is 39.6 Å². The molecule has 2 rings (SSSR count). The first-order valence-electron chi connectivity index (χ1n) is 5.59. The Labute approximate surface area is 124 Å². The number of ether oxygens (including phenoxy) is 1. The summed E-state index contributed by atoms with van der Waals surface area (Å²) >= 11 is 9.39. The third-order valence-corrected chi connectivity index (χ3v) is 3.59. The summed E-state index contributed by atoms with van der Waals surface area (Å²) in [6, 6.07) is 5.46. The fourth-order valence-corrected chi connectivity index (χ4v) is 2.17. The maximum absolute atomic E-state index is 6.06. The van der Waals surface area contributed by atoms with Gasteiger partial charge < -0.3 is 10.2 Å². The fraction of sp³-hybridized carbons (Fsp3) is 0.167. The molecule has 100 valence electrons. The summed E-state index contributed by atoms with van der Waals surface area (Å²) < 4.78 is 6.26. The minimum atomic E-state index is 0.382. The Balaban J connectivity index is 2.31. The van der Waals surface area contributed by atoms with Crippen molar-refractivity contribution >= 4 is 33.3 Å². The summed E-state index contributed by atoms with van der Waals surface area (Å²) in [6.07, 6.45) is 2.20. The van der Waals surface area contributed by atoms with Crippen LogP contribution in [0.5, 0.6) is 11.6 Å². The molecule has 0 saturated heterocycles. The summed E-state index contributed by atoms with van der Waals surface area (Å²) in [5.41, 5.74) is 3.47. The SMILES string of the molecule is CCc1cc(Oc2ncnc(NN)c2Br)ccc1Cl. The Bertz CT molecular complexity index is 594. The molecule has 3 N–H and O–H groups in total. The zero-order valence-electron chi connectivity index (χ0n) is 10.2. The Morgan fingerprint density at radius 1 is 1.42 bits per heavy atom. The van der Waals surface area contributed by atoms with Gasteiger partial charge in [-0.05, 0) is 46.1 Å². The molecule has 0 unspecified atom stereocenters. The zero-order chi connectivity index (χ0) is 13.8. The highest BCUT2D eigenvalue weighted by Crippen LogP contribution is 2.32. The van der Waals surface area contributed by atoms with E-state index in [0.29, 0.717) is 21.9 Å². The standard InChI is InChI=1S/C12H12BrClN4O/c1-2-7-5-8(3-4-9(7)14)19-12-10(13)11(18-15)16-6-17-12/h3-6H,2,15H2,1H3,(H,16,17,18). The number of nitrogens with one attached hydrogen (secondary N) is 1. The molecule has 0 aliphatic rings. The number of hydrogen-bond acceptors (Lipinski definition) is 5. The number of aromatic nitrogens is 2. The van der Waals surface area contributed by atoms with Crippen molar-refractivity contribution < 1.29 is 4.74 Å². The van der Waals surface area contributed by atoms with Crippen LogP contribution in [-0.4, -0.2) is 9.97 Å². The highest BCUT2D eigenvalue weighted by molar-refractivity contribution is 9.10. The van der Waals surface area contributed by atoms with Gasteiger partial charge in [-0.3, -0.25) is 0 Å². The molecule has 0 bridgehead atoms. The number of nitrogen functional groups attached to an aromatic ring is 1. The van der Waals surface area contributed by atoms with Crippen molar-refractivity contribution in [2.24, 2.45) is 5.84 Å². The van der Waals surface area contributed by atoms with Crippen LogP contribution in [-0.2, 0) is 6.42 Å². The minimum Gasteiger partial charge on any atom is -0.438 e. The lowest BCUT2D eigenvalue weighted by molar-refractivity contribution is 0.458. The number of nitrogens with two attached hydrogens (primary N) is 1. The lowest BCUT2D eigenvalue weighted by Gasteiger charge is -2.10. The molecule has 19 heavy (non-hydrogen) atoms. The number of aryl methyl sites for hydroxylation is 1. The van der Waals surface area contributed by atoms with E-state index in [-0.39, 0.29) is 0 Å². The molecule has 0 atom stereocenters. The van der Waals surface area contributed by atoms with E-state index >= 15 is 0 Å². The largest absolute Gasteiger partial charge is 0.438 e. The second-order valence-corrected chi connectivity index (χ2v) is 4.89. The van der Waals surface area contributed by atoms with Gasteiger partial charge in [0.15, 0.2) is 5.82 Å². The van der Waals surface area contributed by atoms with Gasteiger partial charge in [0.1, 0.15) is 16.5 Å². The van der Waals surface area contributed by atoms with Crippen LogP contribution in [0.25, 0.3) is 0 Å². The molecule has 2 aromatic rings. The monoisotopic (exact) mass is 342 g/mol. The van der Waals surface area contributed by atoms with Gasteiger partial charge >= 0.3 is 0 Å². The molecule has 1 heterocycles. The van der Waals surface area contributed by atoms with E-state index in [0.717, 1.165) is 17.0 Å². The first-order valence-corrected chi connectivity index (χ1v) is 6.76. The van der Waals surface area contributed by atoms with Crippen LogP contribution in [0.3, 0.4) is 0 Å². The van der Waals surface area contributed by atoms with Crippen LogP contribution in [0.15, 0.2) is 29.0 Å². The van der Waals surface area contributed by atoms with E-state index in [1.807, 2.05) is 13.0 Å². The highest BCUT2D eigenvalue weighted by Gasteiger charge is 2.10. The molecule has 7 heteroatoms. The van der Waals surface area contributed by atoms with Gasteiger partial charge in [-0.25, -0.2) is 15.8 Å². The van der Waals surface area contributed by atoms with Gasteiger partial charge in [0.05, 0.1) is 0 Å². The van der Waals surface area contributed by atoms with Gasteiger partial charge in [-0.15, -0.1) is 0 Å². The summed E-state index contributed by atoms with van der Waals surface area (Å²) in [7, 11) is 0. The average Bonchev–Trinajstić information content (AvgIpc) is 2.43. The number of halogens is 2. The number of hydrazine groups is 1. The molecular weight excluding hydrogens is 332 g/mol. The van der Waals surface area contributed by atoms with Crippen LogP contribution in [0.2, 0.25) is 5.02 Å². The van der Waals surface area contributed by atoms with Crippen molar-refractivity contribution in [1.82, 2.24) is 9.97 Å². The number of anilines is 1. The molecule has 5 nitrogen and oxygen atoms in total. The summed E-state index contributed by atoms with van der Waals surface area (Å²) in [5.74, 6) is 6.83. The predicted molar refractivity (Wildman–Crippen MR) is 78.4 cm³/mol. The third kappa shape index (κ3) is 3.15. The number of rotatable bonds is 4. The van der Waals surface area contributed by atoms with Crippen LogP contribution in [0.4, 0.5) is 5.82 Å². The summed E-state index contributed by atoms with van der Waals surface area (Å²) in [6.45, 7) is 2.03. The van der Waals surface area contributed by atoms with Crippen LogP contribution in [0, 0.1) is 0 Å². The lowest BCUT2D eigenvalue weighted by atomic mass is 10.1. The van der Waals surface area contributed by atoms with Crippen molar-refractivity contribution in [2.45, 2.75) is 13.3 Å². The minimum absolute atomic E-state index is 0.382. The second kappa shape index (κ2) is 6.18. The van der Waals surface area contributed by atoms with Crippen molar-refractivity contribution in [3.63, 3.8) is 0 Å². The quantitative estimate of drug-likeness (QED) is 0.656. The zero-order valence-corrected chi connectivity index (χ0v) is 12.5. The second-order valence-electron chi connectivity index (χ2n) is 3.69. The molecule has 0 aliphatic carbocycles. The molecule has 1 aromatic heterocycles. The first kappa shape index (κ1) is 14.0. The first-order chi connectivity index (χ1) is 9.15. The Morgan fingerprint density at radius 3 is 2.89 bits per heavy atom. The summed E-state index contributed by atoms with van der Waals surface area (Å²) in [5, 5.41) is 0.723. The van der Waals surface area contributed by atoms with Gasteiger partial charge in [0.25, 0.3) is 0 Å². The highest BCUT2D eigenvalue weighted by atomic mass is 79.9. The van der Waals surface area contributed by atoms with Crippen LogP contribution < -0.4 is 16.0 Å². The molecule has 0 radical (unpaired) electrons. The van der Waals surface area contributed by atoms with Crippen LogP contribution >= 0.6 is 27.5 Å². The smallest absolute Gasteiger partial charge is 0.238 e. The molecule has 0 amide bonds. The Kier molecular flexibility index (Phi) is 4.57. The van der Waals surface area contributed by atoms with E-state index in [4.69, 9.17) is 22.2 Å². The van der Waals surface area contributed by atoms with Crippen molar-refractivity contribution in [1.29, 1.82) is 0 Å². The molecule has 0 spiro atoms. The van der Waals surface area contributed by atoms with E-state index in [1.165, 1.54) is 6.33 Å². The fourth-order valence-electron chi connectivity index (χ4n) is 1.52. The normalized spacial score (nSPS) is 10.3. The molecular formula is C12H12BrClN4O. The number of nitrogens with zero attached hydrogens (tertiary/aromatic N) is 2. The van der Waals surface area contributed by atoms with Gasteiger partial charge in [0, 0.05) is 5.02 Å². The van der Waals surface area contributed by atoms with Crippen LogP contribution in [0.1, 0.15) is 12.5 Å². The van der Waals surface area contributed by atoms with Gasteiger partial charge in [-0.2, -0.15) is 0 Å².